The molecule has 0 radical (unpaired) electrons. The molecule has 0 fully saturated rings. The van der Waals surface area contributed by atoms with Gasteiger partial charge in [-0.25, -0.2) is 13.6 Å². The van der Waals surface area contributed by atoms with Gasteiger partial charge in [0, 0.05) is 55.6 Å². The number of amides is 3. The summed E-state index contributed by atoms with van der Waals surface area (Å²) in [5.74, 6) is -6.72. The summed E-state index contributed by atoms with van der Waals surface area (Å²) < 4.78 is 62.8. The van der Waals surface area contributed by atoms with E-state index in [0.29, 0.717) is 17.8 Å². The largest absolute Gasteiger partial charge is 0.490 e. The summed E-state index contributed by atoms with van der Waals surface area (Å²) in [6.45, 7) is 5.39. The SMILES string of the molecule is CC(C)(C)C(c1cc(-c2cc(F)ccc2F)cn1Cc1ccccc1)N(CCC(N)C(=O)NCCNC(=O)CC[C@H](N)C(=O)O)C(=O)CO.O=C(O)C(F)(F)F. The quantitative estimate of drug-likeness (QED) is 0.0779. The number of carboxylic acid groups (broad SMARTS) is 2. The van der Waals surface area contributed by atoms with E-state index in [-0.39, 0.29) is 44.5 Å². The van der Waals surface area contributed by atoms with Crippen LogP contribution in [0.25, 0.3) is 11.1 Å². The number of aliphatic hydroxyl groups is 1. The molecule has 0 bridgehead atoms. The first kappa shape index (κ1) is 46.8. The lowest BCUT2D eigenvalue weighted by Crippen LogP contribution is -2.48. The van der Waals surface area contributed by atoms with Crippen LogP contribution in [0.3, 0.4) is 0 Å². The number of rotatable bonds is 17. The van der Waals surface area contributed by atoms with Crippen LogP contribution in [0.15, 0.2) is 60.8 Å². The minimum atomic E-state index is -5.08. The number of hydrogen-bond acceptors (Lipinski definition) is 8. The van der Waals surface area contributed by atoms with E-state index < -0.39 is 77.6 Å². The fourth-order valence-electron chi connectivity index (χ4n) is 5.53. The van der Waals surface area contributed by atoms with Gasteiger partial charge in [-0.1, -0.05) is 51.1 Å². The lowest BCUT2D eigenvalue weighted by molar-refractivity contribution is -0.192. The van der Waals surface area contributed by atoms with Crippen molar-refractivity contribution in [3.63, 3.8) is 0 Å². The molecule has 0 aliphatic carbocycles. The topological polar surface area (TPSA) is 230 Å². The maximum Gasteiger partial charge on any atom is 0.490 e. The summed E-state index contributed by atoms with van der Waals surface area (Å²) in [5.41, 5.74) is 12.9. The number of aliphatic hydroxyl groups excluding tert-OH is 1. The third-order valence-corrected chi connectivity index (χ3v) is 8.24. The minimum Gasteiger partial charge on any atom is -0.480 e. The highest BCUT2D eigenvalue weighted by Gasteiger charge is 2.39. The second kappa shape index (κ2) is 21.1. The summed E-state index contributed by atoms with van der Waals surface area (Å²) in [7, 11) is 0. The number of carbonyl (C=O) groups is 5. The highest BCUT2D eigenvalue weighted by molar-refractivity contribution is 5.82. The first-order chi connectivity index (χ1) is 26.1. The molecular formula is C37H47F5N6O8. The number of nitrogens with one attached hydrogen (secondary N) is 2. The highest BCUT2D eigenvalue weighted by atomic mass is 19.4. The summed E-state index contributed by atoms with van der Waals surface area (Å²) in [6.07, 6.45) is -3.47. The summed E-state index contributed by atoms with van der Waals surface area (Å²) in [5, 5.41) is 31.2. The zero-order valence-corrected chi connectivity index (χ0v) is 31.0. The number of halogens is 5. The first-order valence-electron chi connectivity index (χ1n) is 17.2. The van der Waals surface area contributed by atoms with Gasteiger partial charge in [-0.2, -0.15) is 13.2 Å². The number of nitrogens with two attached hydrogens (primary N) is 2. The van der Waals surface area contributed by atoms with Gasteiger partial charge < -0.3 is 46.9 Å². The Hall–Kier alpha value is -5.40. The molecule has 0 spiro atoms. The van der Waals surface area contributed by atoms with Gasteiger partial charge >= 0.3 is 18.1 Å². The molecule has 2 aromatic carbocycles. The number of aliphatic carboxylic acids is 2. The zero-order valence-electron chi connectivity index (χ0n) is 31.0. The minimum absolute atomic E-state index is 0.0172. The molecule has 0 saturated heterocycles. The van der Waals surface area contributed by atoms with Crippen molar-refractivity contribution in [1.29, 1.82) is 0 Å². The average Bonchev–Trinajstić information content (AvgIpc) is 3.52. The fraction of sp³-hybridized carbons (Fsp3) is 0.432. The Labute approximate surface area is 319 Å². The van der Waals surface area contributed by atoms with Gasteiger partial charge in [0.05, 0.1) is 12.1 Å². The molecule has 2 unspecified atom stereocenters. The first-order valence-corrected chi connectivity index (χ1v) is 17.2. The van der Waals surface area contributed by atoms with Gasteiger partial charge in [-0.15, -0.1) is 0 Å². The van der Waals surface area contributed by atoms with Crippen molar-refractivity contribution >= 4 is 29.7 Å². The fourth-order valence-corrected chi connectivity index (χ4v) is 5.53. The standard InChI is InChI=1S/C35H46F2N6O6.C2HF3O2/c1-35(2,3)32(29-17-23(25-18-24(36)9-10-26(25)37)20-42(29)19-22-7-5-4-6-8-22)43(31(46)21-44)16-13-27(38)33(47)41-15-14-40-30(45)12-11-28(39)34(48)49;3-2(4,5)1(6)7/h4-10,17-18,20,27-28,32,44H,11-16,19,21,38-39H2,1-3H3,(H,40,45)(H,41,47)(H,48,49);(H,6,7)/t27?,28-,32?;/m0./s1. The number of nitrogens with zero attached hydrogens (tertiary/aromatic N) is 2. The van der Waals surface area contributed by atoms with Crippen LogP contribution >= 0.6 is 0 Å². The van der Waals surface area contributed by atoms with Gasteiger partial charge in [-0.3, -0.25) is 19.2 Å². The van der Waals surface area contributed by atoms with E-state index in [9.17, 15) is 46.2 Å². The maximum atomic E-state index is 15.0. The molecule has 3 aromatic rings. The normalized spacial score (nSPS) is 13.1. The van der Waals surface area contributed by atoms with Gasteiger partial charge in [0.15, 0.2) is 0 Å². The number of carboxylic acids is 2. The Morgan fingerprint density at radius 1 is 0.875 bits per heavy atom. The smallest absolute Gasteiger partial charge is 0.480 e. The molecular weight excluding hydrogens is 751 g/mol. The molecule has 0 saturated carbocycles. The molecule has 9 N–H and O–H groups in total. The van der Waals surface area contributed by atoms with Crippen LogP contribution in [0, 0.1) is 17.0 Å². The van der Waals surface area contributed by atoms with Crippen LogP contribution in [-0.4, -0.2) is 98.9 Å². The van der Waals surface area contributed by atoms with E-state index in [4.69, 9.17) is 26.5 Å². The predicted molar refractivity (Wildman–Crippen MR) is 193 cm³/mol. The molecule has 1 aromatic heterocycles. The third kappa shape index (κ3) is 14.7. The number of benzene rings is 2. The van der Waals surface area contributed by atoms with Crippen molar-refractivity contribution in [2.24, 2.45) is 16.9 Å². The summed E-state index contributed by atoms with van der Waals surface area (Å²) in [6, 6.07) is 11.5. The van der Waals surface area contributed by atoms with E-state index >= 15 is 0 Å². The highest BCUT2D eigenvalue weighted by Crippen LogP contribution is 2.41. The zero-order chi connectivity index (χ0) is 42.4. The van der Waals surface area contributed by atoms with Crippen LogP contribution in [-0.2, 0) is 30.5 Å². The van der Waals surface area contributed by atoms with Gasteiger partial charge in [0.1, 0.15) is 24.3 Å². The molecule has 14 nitrogen and oxygen atoms in total. The third-order valence-electron chi connectivity index (χ3n) is 8.24. The number of hydrogen-bond donors (Lipinski definition) is 7. The molecule has 56 heavy (non-hydrogen) atoms. The lowest BCUT2D eigenvalue weighted by atomic mass is 9.82. The van der Waals surface area contributed by atoms with Crippen LogP contribution < -0.4 is 22.1 Å². The molecule has 3 rings (SSSR count). The molecule has 3 atom stereocenters. The van der Waals surface area contributed by atoms with E-state index in [1.165, 1.54) is 4.90 Å². The van der Waals surface area contributed by atoms with E-state index in [0.717, 1.165) is 23.8 Å². The lowest BCUT2D eigenvalue weighted by Gasteiger charge is -2.41. The number of aromatic nitrogens is 1. The summed E-state index contributed by atoms with van der Waals surface area (Å²) >= 11 is 0. The van der Waals surface area contributed by atoms with Crippen LogP contribution in [0.1, 0.15) is 57.3 Å². The monoisotopic (exact) mass is 798 g/mol. The van der Waals surface area contributed by atoms with Gasteiger partial charge in [-0.05, 0) is 48.1 Å². The van der Waals surface area contributed by atoms with E-state index in [1.54, 1.807) is 12.3 Å². The van der Waals surface area contributed by atoms with Crippen molar-refractivity contribution in [2.45, 2.75) is 70.9 Å². The molecule has 1 heterocycles. The Bertz CT molecular complexity index is 1800. The summed E-state index contributed by atoms with van der Waals surface area (Å²) in [4.78, 5) is 59.2. The van der Waals surface area contributed by atoms with Crippen LogP contribution in [0.4, 0.5) is 22.0 Å². The Balaban J connectivity index is 0.00000141. The Morgan fingerprint density at radius 2 is 1.48 bits per heavy atom. The van der Waals surface area contributed by atoms with Crippen LogP contribution in [0.2, 0.25) is 0 Å². The number of carbonyl (C=O) groups excluding carboxylic acids is 3. The van der Waals surface area contributed by atoms with Gasteiger partial charge in [0.25, 0.3) is 0 Å². The van der Waals surface area contributed by atoms with Crippen molar-refractivity contribution in [3.8, 4) is 11.1 Å². The van der Waals surface area contributed by atoms with Crippen molar-refractivity contribution in [1.82, 2.24) is 20.1 Å². The van der Waals surface area contributed by atoms with Crippen molar-refractivity contribution in [3.05, 3.63) is 83.7 Å². The maximum absolute atomic E-state index is 15.0. The second-order valence-corrected chi connectivity index (χ2v) is 13.7. The van der Waals surface area contributed by atoms with Gasteiger partial charge in [0.2, 0.25) is 17.7 Å². The van der Waals surface area contributed by atoms with E-state index in [1.807, 2.05) is 55.7 Å². The Morgan fingerprint density at radius 3 is 2.04 bits per heavy atom. The van der Waals surface area contributed by atoms with Crippen molar-refractivity contribution in [2.75, 3.05) is 26.2 Å². The molecule has 308 valence electrons. The number of alkyl halides is 3. The predicted octanol–water partition coefficient (Wildman–Crippen LogP) is 3.16. The van der Waals surface area contributed by atoms with E-state index in [2.05, 4.69) is 10.6 Å². The molecule has 0 aliphatic heterocycles. The average molecular weight is 799 g/mol. The molecule has 0 aliphatic rings. The molecule has 19 heteroatoms. The van der Waals surface area contributed by atoms with Crippen LogP contribution in [0.5, 0.6) is 0 Å². The Kier molecular flexibility index (Phi) is 17.6. The van der Waals surface area contributed by atoms with Crippen molar-refractivity contribution < 1.29 is 61.2 Å². The second-order valence-electron chi connectivity index (χ2n) is 13.7. The molecule has 3 amide bonds.